The van der Waals surface area contributed by atoms with Crippen LogP contribution in [0.5, 0.6) is 0 Å². The van der Waals surface area contributed by atoms with E-state index in [-0.39, 0.29) is 5.91 Å². The molecule has 112 valence electrons. The number of nitrogens with zero attached hydrogens (tertiary/aromatic N) is 5. The lowest BCUT2D eigenvalue weighted by Gasteiger charge is -2.03. The average molecular weight is 361 g/mol. The number of carbonyl (C=O) groups is 1. The van der Waals surface area contributed by atoms with Crippen molar-refractivity contribution in [3.05, 3.63) is 58.6 Å². The van der Waals surface area contributed by atoms with Crippen molar-refractivity contribution in [1.82, 2.24) is 30.1 Å². The summed E-state index contributed by atoms with van der Waals surface area (Å²) in [7, 11) is 1.78. The molecule has 2 heterocycles. The molecule has 0 saturated heterocycles. The van der Waals surface area contributed by atoms with Gasteiger partial charge in [-0.2, -0.15) is 5.10 Å². The molecule has 1 amide bonds. The second kappa shape index (κ2) is 6.10. The largest absolute Gasteiger partial charge is 0.346 e. The number of nitrogens with one attached hydrogen (secondary N) is 1. The third kappa shape index (κ3) is 3.06. The first-order chi connectivity index (χ1) is 10.6. The SMILES string of the molecule is Cn1nncc1CNC(=O)c1cnn(-c2ccc(Br)cc2)c1. The van der Waals surface area contributed by atoms with Gasteiger partial charge in [0.1, 0.15) is 0 Å². The first kappa shape index (κ1) is 14.5. The van der Waals surface area contributed by atoms with Crippen LogP contribution in [-0.2, 0) is 13.6 Å². The lowest BCUT2D eigenvalue weighted by molar-refractivity contribution is 0.0950. The summed E-state index contributed by atoms with van der Waals surface area (Å²) in [4.78, 5) is 12.1. The Morgan fingerprint density at radius 2 is 2.05 bits per heavy atom. The van der Waals surface area contributed by atoms with Gasteiger partial charge in [0.15, 0.2) is 0 Å². The highest BCUT2D eigenvalue weighted by Crippen LogP contribution is 2.14. The van der Waals surface area contributed by atoms with Crippen molar-refractivity contribution in [1.29, 1.82) is 0 Å². The maximum absolute atomic E-state index is 12.1. The molecule has 0 saturated carbocycles. The molecule has 1 aromatic carbocycles. The molecule has 0 atom stereocenters. The first-order valence-corrected chi connectivity index (χ1v) is 7.35. The Hall–Kier alpha value is -2.48. The molecule has 0 unspecified atom stereocenters. The first-order valence-electron chi connectivity index (χ1n) is 6.56. The summed E-state index contributed by atoms with van der Waals surface area (Å²) in [5, 5.41) is 14.6. The van der Waals surface area contributed by atoms with Crippen LogP contribution in [0.25, 0.3) is 5.69 Å². The average Bonchev–Trinajstić information content (AvgIpc) is 3.15. The number of aromatic nitrogens is 5. The molecule has 22 heavy (non-hydrogen) atoms. The zero-order valence-corrected chi connectivity index (χ0v) is 13.4. The van der Waals surface area contributed by atoms with Crippen molar-refractivity contribution in [2.24, 2.45) is 7.05 Å². The van der Waals surface area contributed by atoms with Gasteiger partial charge in [-0.3, -0.25) is 9.48 Å². The molecular formula is C14H13BrN6O. The molecule has 3 aromatic rings. The van der Waals surface area contributed by atoms with Crippen molar-refractivity contribution in [3.63, 3.8) is 0 Å². The molecule has 0 spiro atoms. The molecular weight excluding hydrogens is 348 g/mol. The molecule has 0 aliphatic rings. The number of hydrogen-bond acceptors (Lipinski definition) is 4. The topological polar surface area (TPSA) is 77.6 Å². The quantitative estimate of drug-likeness (QED) is 0.767. The van der Waals surface area contributed by atoms with Crippen LogP contribution in [0.15, 0.2) is 47.3 Å². The lowest BCUT2D eigenvalue weighted by Crippen LogP contribution is -2.23. The van der Waals surface area contributed by atoms with Gasteiger partial charge >= 0.3 is 0 Å². The van der Waals surface area contributed by atoms with E-state index >= 15 is 0 Å². The van der Waals surface area contributed by atoms with Crippen molar-refractivity contribution in [3.8, 4) is 5.69 Å². The summed E-state index contributed by atoms with van der Waals surface area (Å²) in [5.41, 5.74) is 2.21. The van der Waals surface area contributed by atoms with Gasteiger partial charge in [0, 0.05) is 17.7 Å². The predicted molar refractivity (Wildman–Crippen MR) is 83.4 cm³/mol. The van der Waals surface area contributed by atoms with Crippen molar-refractivity contribution < 1.29 is 4.79 Å². The van der Waals surface area contributed by atoms with Crippen LogP contribution >= 0.6 is 15.9 Å². The Labute approximate surface area is 135 Å². The van der Waals surface area contributed by atoms with Crippen LogP contribution in [0.2, 0.25) is 0 Å². The summed E-state index contributed by atoms with van der Waals surface area (Å²) in [6.07, 6.45) is 4.85. The molecule has 8 heteroatoms. The second-order valence-corrected chi connectivity index (χ2v) is 5.60. The van der Waals surface area contributed by atoms with E-state index in [1.807, 2.05) is 24.3 Å². The summed E-state index contributed by atoms with van der Waals surface area (Å²) in [6, 6.07) is 7.68. The molecule has 2 aromatic heterocycles. The number of rotatable bonds is 4. The number of amides is 1. The van der Waals surface area contributed by atoms with E-state index in [9.17, 15) is 4.79 Å². The molecule has 0 bridgehead atoms. The minimum absolute atomic E-state index is 0.190. The fourth-order valence-corrected chi connectivity index (χ4v) is 2.18. The molecule has 0 aliphatic carbocycles. The standard InChI is InChI=1S/C14H13BrN6O/c1-20-13(8-17-19-20)7-16-14(22)10-6-18-21(9-10)12-4-2-11(15)3-5-12/h2-6,8-9H,7H2,1H3,(H,16,22). The normalized spacial score (nSPS) is 10.6. The minimum atomic E-state index is -0.190. The number of halogens is 1. The Morgan fingerprint density at radius 1 is 1.27 bits per heavy atom. The second-order valence-electron chi connectivity index (χ2n) is 4.68. The lowest BCUT2D eigenvalue weighted by atomic mass is 10.3. The molecule has 0 aliphatic heterocycles. The van der Waals surface area contributed by atoms with Crippen molar-refractivity contribution >= 4 is 21.8 Å². The zero-order chi connectivity index (χ0) is 15.5. The van der Waals surface area contributed by atoms with Crippen LogP contribution < -0.4 is 5.32 Å². The van der Waals surface area contributed by atoms with Gasteiger partial charge < -0.3 is 5.32 Å². The zero-order valence-electron chi connectivity index (χ0n) is 11.8. The Kier molecular flexibility index (Phi) is 4.01. The number of aryl methyl sites for hydroxylation is 1. The van der Waals surface area contributed by atoms with Crippen LogP contribution in [-0.4, -0.2) is 30.7 Å². The Morgan fingerprint density at radius 3 is 2.73 bits per heavy atom. The van der Waals surface area contributed by atoms with Gasteiger partial charge in [-0.05, 0) is 24.3 Å². The van der Waals surface area contributed by atoms with Gasteiger partial charge in [0.2, 0.25) is 0 Å². The van der Waals surface area contributed by atoms with Crippen LogP contribution in [0, 0.1) is 0 Å². The number of benzene rings is 1. The van der Waals surface area contributed by atoms with Gasteiger partial charge in [-0.1, -0.05) is 21.1 Å². The van der Waals surface area contributed by atoms with E-state index in [0.717, 1.165) is 15.9 Å². The van der Waals surface area contributed by atoms with Crippen LogP contribution in [0.1, 0.15) is 16.1 Å². The van der Waals surface area contributed by atoms with E-state index in [0.29, 0.717) is 12.1 Å². The molecule has 0 radical (unpaired) electrons. The highest BCUT2D eigenvalue weighted by atomic mass is 79.9. The summed E-state index contributed by atoms with van der Waals surface area (Å²) >= 11 is 3.39. The third-order valence-electron chi connectivity index (χ3n) is 3.17. The van der Waals surface area contributed by atoms with Crippen LogP contribution in [0.3, 0.4) is 0 Å². The predicted octanol–water partition coefficient (Wildman–Crippen LogP) is 1.69. The fourth-order valence-electron chi connectivity index (χ4n) is 1.92. The summed E-state index contributed by atoms with van der Waals surface area (Å²) in [5.74, 6) is -0.190. The van der Waals surface area contributed by atoms with Crippen LogP contribution in [0.4, 0.5) is 0 Å². The van der Waals surface area contributed by atoms with Gasteiger partial charge in [-0.25, -0.2) is 4.68 Å². The summed E-state index contributed by atoms with van der Waals surface area (Å²) in [6.45, 7) is 0.367. The fraction of sp³-hybridized carbons (Fsp3) is 0.143. The highest BCUT2D eigenvalue weighted by Gasteiger charge is 2.10. The number of hydrogen-bond donors (Lipinski definition) is 1. The Bertz CT molecular complexity index is 792. The molecule has 3 rings (SSSR count). The van der Waals surface area contributed by atoms with E-state index in [1.54, 1.807) is 35.0 Å². The van der Waals surface area contributed by atoms with Crippen molar-refractivity contribution in [2.45, 2.75) is 6.54 Å². The molecule has 1 N–H and O–H groups in total. The van der Waals surface area contributed by atoms with Gasteiger partial charge in [0.05, 0.1) is 35.9 Å². The molecule has 0 fully saturated rings. The van der Waals surface area contributed by atoms with Gasteiger partial charge in [0.25, 0.3) is 5.91 Å². The monoisotopic (exact) mass is 360 g/mol. The smallest absolute Gasteiger partial charge is 0.254 e. The Balaban J connectivity index is 1.69. The molecule has 7 nitrogen and oxygen atoms in total. The van der Waals surface area contributed by atoms with E-state index in [1.165, 1.54) is 0 Å². The maximum Gasteiger partial charge on any atom is 0.254 e. The minimum Gasteiger partial charge on any atom is -0.346 e. The van der Waals surface area contributed by atoms with E-state index < -0.39 is 0 Å². The van der Waals surface area contributed by atoms with Gasteiger partial charge in [-0.15, -0.1) is 5.10 Å². The summed E-state index contributed by atoms with van der Waals surface area (Å²) < 4.78 is 4.27. The number of carbonyl (C=O) groups excluding carboxylic acids is 1. The van der Waals surface area contributed by atoms with Crippen molar-refractivity contribution in [2.75, 3.05) is 0 Å². The van der Waals surface area contributed by atoms with E-state index in [4.69, 9.17) is 0 Å². The highest BCUT2D eigenvalue weighted by molar-refractivity contribution is 9.10. The van der Waals surface area contributed by atoms with E-state index in [2.05, 4.69) is 36.7 Å². The third-order valence-corrected chi connectivity index (χ3v) is 3.70. The maximum atomic E-state index is 12.1.